The molecule has 0 atom stereocenters. The summed E-state index contributed by atoms with van der Waals surface area (Å²) in [6.07, 6.45) is 0. The minimum absolute atomic E-state index is 0.126. The predicted molar refractivity (Wildman–Crippen MR) is 103 cm³/mol. The number of rotatable bonds is 11. The van der Waals surface area contributed by atoms with Crippen molar-refractivity contribution in [1.29, 1.82) is 0 Å². The number of alkyl halides is 12. The Balaban J connectivity index is 2.61. The van der Waals surface area contributed by atoms with Gasteiger partial charge in [0, 0.05) is 12.7 Å². The van der Waals surface area contributed by atoms with Crippen LogP contribution in [0.15, 0.2) is 0 Å². The van der Waals surface area contributed by atoms with Gasteiger partial charge in [-0.2, -0.15) is 61.5 Å². The summed E-state index contributed by atoms with van der Waals surface area (Å²) >= 11 is 0. The average Bonchev–Trinajstić information content (AvgIpc) is 2.90. The molecular weight excluding hydrogens is 676 g/mol. The largest absolute Gasteiger partial charge is 0.481 e. The summed E-state index contributed by atoms with van der Waals surface area (Å²) in [5.41, 5.74) is -6.59. The Morgan fingerprint density at radius 3 is 1.05 bits per heavy atom. The normalized spacial score (nSPS) is 14.0. The summed E-state index contributed by atoms with van der Waals surface area (Å²) in [4.78, 5) is 0. The van der Waals surface area contributed by atoms with E-state index in [2.05, 4.69) is 9.47 Å². The molecule has 0 unspecified atom stereocenters. The molecule has 0 fully saturated rings. The van der Waals surface area contributed by atoms with Crippen molar-refractivity contribution >= 4 is 0 Å². The number of hydrogen-bond donors (Lipinski definition) is 0. The molecule has 0 aliphatic carbocycles. The quantitative estimate of drug-likeness (QED) is 0.174. The summed E-state index contributed by atoms with van der Waals surface area (Å²) < 4.78 is 285. The van der Waals surface area contributed by atoms with Crippen molar-refractivity contribution in [3.05, 3.63) is 52.1 Å². The van der Waals surface area contributed by atoms with Crippen LogP contribution in [0.4, 0.5) is 87.8 Å². The van der Waals surface area contributed by atoms with Crippen molar-refractivity contribution in [3.63, 3.8) is 0 Å². The second-order valence-electron chi connectivity index (χ2n) is 8.64. The molecule has 0 bridgehead atoms. The first-order valence-electron chi connectivity index (χ1n) is 10.7. The summed E-state index contributed by atoms with van der Waals surface area (Å²) in [6.45, 7) is -6.21. The first-order valence-corrected chi connectivity index (χ1v) is 10.7. The smallest absolute Gasteiger partial charge is 0.384 e. The van der Waals surface area contributed by atoms with Crippen molar-refractivity contribution in [2.24, 2.45) is 0 Å². The molecule has 2 aromatic rings. The lowest BCUT2D eigenvalue weighted by Gasteiger charge is -2.41. The third-order valence-corrected chi connectivity index (χ3v) is 5.78. The molecule has 0 radical (unpaired) electrons. The fourth-order valence-electron chi connectivity index (χ4n) is 3.30. The van der Waals surface area contributed by atoms with E-state index in [0.717, 1.165) is 0 Å². The van der Waals surface area contributed by atoms with E-state index in [1.54, 1.807) is 0 Å². The molecule has 0 aliphatic heterocycles. The van der Waals surface area contributed by atoms with Crippen LogP contribution in [0.5, 0.6) is 5.75 Å². The predicted octanol–water partition coefficient (Wildman–Crippen LogP) is 8.61. The highest BCUT2D eigenvalue weighted by Gasteiger charge is 2.90. The molecule has 0 spiro atoms. The third-order valence-electron chi connectivity index (χ3n) is 5.78. The summed E-state index contributed by atoms with van der Waals surface area (Å²) in [6, 6.07) is 0. The van der Waals surface area contributed by atoms with Gasteiger partial charge in [0.25, 0.3) is 0 Å². The van der Waals surface area contributed by atoms with Crippen LogP contribution in [0.2, 0.25) is 0 Å². The lowest BCUT2D eigenvalue weighted by Crippen LogP contribution is -2.71. The molecule has 0 saturated heterocycles. The number of ether oxygens (including phenoxy) is 2. The van der Waals surface area contributed by atoms with Gasteiger partial charge in [-0.15, -0.1) is 0 Å². The Morgan fingerprint density at radius 2 is 0.727 bits per heavy atom. The maximum absolute atomic E-state index is 14.5. The van der Waals surface area contributed by atoms with Crippen LogP contribution in [0, 0.1) is 53.5 Å². The standard InChI is InChI=1S/C22H10F20O2/c1-5-8(23)10(25)6(11(26)9(5)24)7-12(27)14(29)16(15(30)13(7)28)44-4-18(33,34)20(37,38)22(41,42)21(39,40)19(35,36)17(31,32)3-43-2/h3-4H2,1-2H3. The molecule has 250 valence electrons. The van der Waals surface area contributed by atoms with Gasteiger partial charge in [-0.3, -0.25) is 0 Å². The first kappa shape index (κ1) is 37.0. The Morgan fingerprint density at radius 1 is 0.432 bits per heavy atom. The fourth-order valence-corrected chi connectivity index (χ4v) is 3.30. The van der Waals surface area contributed by atoms with Gasteiger partial charge < -0.3 is 9.47 Å². The number of hydrogen-bond acceptors (Lipinski definition) is 2. The highest BCUT2D eigenvalue weighted by atomic mass is 19.4. The number of benzene rings is 2. The van der Waals surface area contributed by atoms with Crippen LogP contribution < -0.4 is 4.74 Å². The van der Waals surface area contributed by atoms with E-state index in [0.29, 0.717) is 6.92 Å². The zero-order valence-corrected chi connectivity index (χ0v) is 20.8. The van der Waals surface area contributed by atoms with Gasteiger partial charge in [0.1, 0.15) is 6.61 Å². The molecule has 2 aromatic carbocycles. The van der Waals surface area contributed by atoms with Crippen molar-refractivity contribution in [2.75, 3.05) is 20.3 Å². The summed E-state index contributed by atoms with van der Waals surface area (Å²) in [7, 11) is 0.126. The molecular formula is C22H10F20O2. The molecule has 0 saturated carbocycles. The van der Waals surface area contributed by atoms with E-state index < -0.39 is 118 Å². The molecule has 44 heavy (non-hydrogen) atoms. The minimum atomic E-state index is -8.17. The van der Waals surface area contributed by atoms with E-state index in [1.165, 1.54) is 0 Å². The lowest BCUT2D eigenvalue weighted by atomic mass is 9.91. The highest BCUT2D eigenvalue weighted by Crippen LogP contribution is 2.60. The van der Waals surface area contributed by atoms with Gasteiger partial charge in [0.05, 0.1) is 11.1 Å². The Bertz CT molecular complexity index is 1380. The molecule has 0 aliphatic rings. The maximum Gasteiger partial charge on any atom is 0.384 e. The summed E-state index contributed by atoms with van der Waals surface area (Å²) in [5, 5.41) is 0. The Labute approximate surface area is 230 Å². The van der Waals surface area contributed by atoms with Crippen LogP contribution >= 0.6 is 0 Å². The monoisotopic (exact) mass is 686 g/mol. The van der Waals surface area contributed by atoms with Gasteiger partial charge in [0.15, 0.2) is 47.3 Å². The minimum Gasteiger partial charge on any atom is -0.481 e. The Kier molecular flexibility index (Phi) is 9.50. The molecule has 2 nitrogen and oxygen atoms in total. The molecule has 2 rings (SSSR count). The fraction of sp³-hybridized carbons (Fsp3) is 0.455. The first-order chi connectivity index (χ1) is 19.6. The third kappa shape index (κ3) is 5.15. The SMILES string of the molecule is COCC(F)(F)C(F)(F)C(F)(F)C(F)(F)C(F)(F)C(F)(F)COc1c(F)c(F)c(-c2c(F)c(F)c(C)c(F)c2F)c(F)c1F. The maximum atomic E-state index is 14.5. The second kappa shape index (κ2) is 11.3. The molecule has 0 N–H and O–H groups in total. The van der Waals surface area contributed by atoms with Crippen LogP contribution in [-0.4, -0.2) is 55.9 Å². The van der Waals surface area contributed by atoms with E-state index in [9.17, 15) is 87.8 Å². The van der Waals surface area contributed by atoms with Crippen LogP contribution in [0.3, 0.4) is 0 Å². The van der Waals surface area contributed by atoms with Crippen molar-refractivity contribution in [2.45, 2.75) is 42.5 Å². The molecule has 0 amide bonds. The van der Waals surface area contributed by atoms with Crippen molar-refractivity contribution in [3.8, 4) is 16.9 Å². The molecule has 22 heteroatoms. The second-order valence-corrected chi connectivity index (χ2v) is 8.64. The van der Waals surface area contributed by atoms with Crippen molar-refractivity contribution in [1.82, 2.24) is 0 Å². The van der Waals surface area contributed by atoms with Crippen LogP contribution in [-0.2, 0) is 4.74 Å². The summed E-state index contributed by atoms with van der Waals surface area (Å²) in [5.74, 6) is -71.0. The van der Waals surface area contributed by atoms with E-state index in [1.807, 2.05) is 0 Å². The van der Waals surface area contributed by atoms with E-state index in [4.69, 9.17) is 0 Å². The lowest BCUT2D eigenvalue weighted by molar-refractivity contribution is -0.428. The zero-order chi connectivity index (χ0) is 34.8. The number of halogens is 20. The zero-order valence-electron chi connectivity index (χ0n) is 20.8. The van der Waals surface area contributed by atoms with Crippen molar-refractivity contribution < 1.29 is 97.3 Å². The topological polar surface area (TPSA) is 18.5 Å². The van der Waals surface area contributed by atoms with Gasteiger partial charge in [-0.05, 0) is 6.92 Å². The van der Waals surface area contributed by atoms with Crippen LogP contribution in [0.1, 0.15) is 5.56 Å². The van der Waals surface area contributed by atoms with Gasteiger partial charge in [-0.1, -0.05) is 0 Å². The van der Waals surface area contributed by atoms with Crippen LogP contribution in [0.25, 0.3) is 11.1 Å². The van der Waals surface area contributed by atoms with Gasteiger partial charge >= 0.3 is 35.5 Å². The van der Waals surface area contributed by atoms with E-state index in [-0.39, 0.29) is 7.11 Å². The molecule has 0 heterocycles. The van der Waals surface area contributed by atoms with E-state index >= 15 is 0 Å². The average molecular weight is 686 g/mol. The number of methoxy groups -OCH3 is 1. The Hall–Kier alpha value is -3.20. The van der Waals surface area contributed by atoms with Gasteiger partial charge in [0.2, 0.25) is 11.6 Å². The van der Waals surface area contributed by atoms with Gasteiger partial charge in [-0.25, -0.2) is 26.3 Å². The molecule has 0 aromatic heterocycles. The highest BCUT2D eigenvalue weighted by molar-refractivity contribution is 5.68.